The molecule has 1 heterocycles. The van der Waals surface area contributed by atoms with Crippen molar-refractivity contribution in [2.45, 2.75) is 12.8 Å². The van der Waals surface area contributed by atoms with Crippen molar-refractivity contribution in [1.29, 1.82) is 0 Å². The topological polar surface area (TPSA) is 35.5 Å². The second-order valence-corrected chi connectivity index (χ2v) is 3.78. The van der Waals surface area contributed by atoms with E-state index in [1.54, 1.807) is 20.3 Å². The van der Waals surface area contributed by atoms with E-state index in [-0.39, 0.29) is 5.78 Å². The number of carbonyl (C=O) groups is 1. The van der Waals surface area contributed by atoms with Gasteiger partial charge < -0.3 is 9.47 Å². The minimum atomic E-state index is 0.162. The summed E-state index contributed by atoms with van der Waals surface area (Å²) < 4.78 is 9.89. The lowest BCUT2D eigenvalue weighted by Gasteiger charge is -1.97. The van der Waals surface area contributed by atoms with E-state index in [1.807, 2.05) is 5.38 Å². The molecular weight excluding hydrogens is 200 g/mol. The molecule has 0 spiro atoms. The number of ketones is 1. The van der Waals surface area contributed by atoms with Crippen LogP contribution in [-0.4, -0.2) is 26.6 Å². The van der Waals surface area contributed by atoms with E-state index >= 15 is 0 Å². The smallest absolute Gasteiger partial charge is 0.173 e. The van der Waals surface area contributed by atoms with Crippen molar-refractivity contribution in [3.8, 4) is 5.75 Å². The molecule has 14 heavy (non-hydrogen) atoms. The van der Waals surface area contributed by atoms with E-state index in [4.69, 9.17) is 9.47 Å². The Labute approximate surface area is 87.7 Å². The Bertz CT molecular complexity index is 293. The third-order valence-electron chi connectivity index (χ3n) is 1.84. The van der Waals surface area contributed by atoms with E-state index in [0.717, 1.165) is 17.0 Å². The van der Waals surface area contributed by atoms with Gasteiger partial charge >= 0.3 is 0 Å². The molecule has 4 heteroatoms. The van der Waals surface area contributed by atoms with E-state index in [0.29, 0.717) is 13.0 Å². The van der Waals surface area contributed by atoms with Gasteiger partial charge in [0.05, 0.1) is 12.0 Å². The van der Waals surface area contributed by atoms with Gasteiger partial charge in [0.2, 0.25) is 0 Å². The van der Waals surface area contributed by atoms with Gasteiger partial charge in [-0.3, -0.25) is 4.79 Å². The minimum absolute atomic E-state index is 0.162. The highest BCUT2D eigenvalue weighted by molar-refractivity contribution is 7.12. The van der Waals surface area contributed by atoms with Crippen molar-refractivity contribution in [2.24, 2.45) is 0 Å². The molecule has 78 valence electrons. The fraction of sp³-hybridized carbons (Fsp3) is 0.500. The van der Waals surface area contributed by atoms with Gasteiger partial charge in [-0.1, -0.05) is 0 Å². The summed E-state index contributed by atoms with van der Waals surface area (Å²) in [4.78, 5) is 12.3. The van der Waals surface area contributed by atoms with Crippen molar-refractivity contribution in [2.75, 3.05) is 20.8 Å². The average molecular weight is 214 g/mol. The van der Waals surface area contributed by atoms with Crippen molar-refractivity contribution in [1.82, 2.24) is 0 Å². The fourth-order valence-corrected chi connectivity index (χ4v) is 1.90. The van der Waals surface area contributed by atoms with Crippen LogP contribution < -0.4 is 4.74 Å². The van der Waals surface area contributed by atoms with Crippen LogP contribution in [0, 0.1) is 0 Å². The Morgan fingerprint density at radius 2 is 2.29 bits per heavy atom. The summed E-state index contributed by atoms with van der Waals surface area (Å²) in [7, 11) is 3.24. The van der Waals surface area contributed by atoms with Crippen LogP contribution in [-0.2, 0) is 4.74 Å². The summed E-state index contributed by atoms with van der Waals surface area (Å²) >= 11 is 1.42. The molecule has 0 fully saturated rings. The van der Waals surface area contributed by atoms with Crippen LogP contribution in [0.25, 0.3) is 0 Å². The van der Waals surface area contributed by atoms with Gasteiger partial charge in [-0.15, -0.1) is 11.3 Å². The fourth-order valence-electron chi connectivity index (χ4n) is 1.07. The summed E-state index contributed by atoms with van der Waals surface area (Å²) in [5.41, 5.74) is 0. The number of ether oxygens (including phenoxy) is 2. The van der Waals surface area contributed by atoms with E-state index in [2.05, 4.69) is 0 Å². The normalized spacial score (nSPS) is 10.1. The number of carbonyl (C=O) groups excluding carboxylic acids is 1. The minimum Gasteiger partial charge on any atom is -0.496 e. The predicted octanol–water partition coefficient (Wildman–Crippen LogP) is 2.37. The average Bonchev–Trinajstić information content (AvgIpc) is 2.66. The molecule has 0 N–H and O–H groups in total. The number of hydrogen-bond acceptors (Lipinski definition) is 4. The zero-order valence-corrected chi connectivity index (χ0v) is 9.23. The summed E-state index contributed by atoms with van der Waals surface area (Å²) in [5.74, 6) is 0.917. The van der Waals surface area contributed by atoms with Crippen LogP contribution >= 0.6 is 11.3 Å². The van der Waals surface area contributed by atoms with Crippen LogP contribution in [0.4, 0.5) is 0 Å². The Kier molecular flexibility index (Phi) is 4.62. The first-order valence-corrected chi connectivity index (χ1v) is 5.30. The highest BCUT2D eigenvalue weighted by Crippen LogP contribution is 2.22. The van der Waals surface area contributed by atoms with Crippen molar-refractivity contribution >= 4 is 17.1 Å². The molecule has 0 amide bonds. The SMILES string of the molecule is COCCCC(=O)c1cc(OC)cs1. The second kappa shape index (κ2) is 5.78. The highest BCUT2D eigenvalue weighted by Gasteiger charge is 2.08. The molecule has 0 saturated heterocycles. The molecule has 1 aromatic rings. The molecule has 1 rings (SSSR count). The summed E-state index contributed by atoms with van der Waals surface area (Å²) in [6.45, 7) is 0.633. The summed E-state index contributed by atoms with van der Waals surface area (Å²) in [5, 5.41) is 1.84. The van der Waals surface area contributed by atoms with Gasteiger partial charge in [-0.2, -0.15) is 0 Å². The summed E-state index contributed by atoms with van der Waals surface area (Å²) in [6, 6.07) is 1.78. The molecule has 0 aliphatic heterocycles. The van der Waals surface area contributed by atoms with Crippen LogP contribution in [0.3, 0.4) is 0 Å². The quantitative estimate of drug-likeness (QED) is 0.538. The molecule has 0 radical (unpaired) electrons. The molecule has 0 unspecified atom stereocenters. The molecule has 0 saturated carbocycles. The standard InChI is InChI=1S/C10H14O3S/c1-12-5-3-4-9(11)10-6-8(13-2)7-14-10/h6-7H,3-5H2,1-2H3. The van der Waals surface area contributed by atoms with Crippen molar-refractivity contribution < 1.29 is 14.3 Å². The number of rotatable bonds is 6. The summed E-state index contributed by atoms with van der Waals surface area (Å²) in [6.07, 6.45) is 1.31. The van der Waals surface area contributed by atoms with Crippen LogP contribution in [0.2, 0.25) is 0 Å². The van der Waals surface area contributed by atoms with Gasteiger partial charge in [0, 0.05) is 31.6 Å². The first-order valence-electron chi connectivity index (χ1n) is 4.42. The third kappa shape index (κ3) is 3.12. The predicted molar refractivity (Wildman–Crippen MR) is 56.3 cm³/mol. The van der Waals surface area contributed by atoms with E-state index in [1.165, 1.54) is 11.3 Å². The molecule has 0 atom stereocenters. The maximum atomic E-state index is 11.5. The van der Waals surface area contributed by atoms with Gasteiger partial charge in [-0.25, -0.2) is 0 Å². The number of methoxy groups -OCH3 is 2. The largest absolute Gasteiger partial charge is 0.496 e. The maximum absolute atomic E-state index is 11.5. The Morgan fingerprint density at radius 1 is 1.50 bits per heavy atom. The van der Waals surface area contributed by atoms with Gasteiger partial charge in [-0.05, 0) is 6.42 Å². The Balaban J connectivity index is 2.44. The van der Waals surface area contributed by atoms with Crippen LogP contribution in [0.1, 0.15) is 22.5 Å². The molecule has 0 aliphatic rings. The zero-order valence-electron chi connectivity index (χ0n) is 8.41. The molecule has 0 aliphatic carbocycles. The maximum Gasteiger partial charge on any atom is 0.173 e. The lowest BCUT2D eigenvalue weighted by molar-refractivity contribution is 0.0967. The molecule has 0 bridgehead atoms. The molecular formula is C10H14O3S. The lowest BCUT2D eigenvalue weighted by atomic mass is 10.2. The molecule has 0 aromatic carbocycles. The van der Waals surface area contributed by atoms with Crippen molar-refractivity contribution in [3.05, 3.63) is 16.3 Å². The first-order chi connectivity index (χ1) is 6.77. The Hall–Kier alpha value is -0.870. The number of Topliss-reactive ketones (excluding diaryl/α,β-unsaturated/α-hetero) is 1. The second-order valence-electron chi connectivity index (χ2n) is 2.87. The van der Waals surface area contributed by atoms with E-state index < -0.39 is 0 Å². The first kappa shape index (κ1) is 11.2. The molecule has 1 aromatic heterocycles. The monoisotopic (exact) mass is 214 g/mol. The van der Waals surface area contributed by atoms with Crippen LogP contribution in [0.15, 0.2) is 11.4 Å². The van der Waals surface area contributed by atoms with Crippen molar-refractivity contribution in [3.63, 3.8) is 0 Å². The van der Waals surface area contributed by atoms with Gasteiger partial charge in [0.1, 0.15) is 5.75 Å². The van der Waals surface area contributed by atoms with Gasteiger partial charge in [0.25, 0.3) is 0 Å². The Morgan fingerprint density at radius 3 is 2.86 bits per heavy atom. The zero-order chi connectivity index (χ0) is 10.4. The lowest BCUT2D eigenvalue weighted by Crippen LogP contribution is -1.98. The van der Waals surface area contributed by atoms with Gasteiger partial charge in [0.15, 0.2) is 5.78 Å². The van der Waals surface area contributed by atoms with Crippen LogP contribution in [0.5, 0.6) is 5.75 Å². The third-order valence-corrected chi connectivity index (χ3v) is 2.79. The van der Waals surface area contributed by atoms with E-state index in [9.17, 15) is 4.79 Å². The highest BCUT2D eigenvalue weighted by atomic mass is 32.1. The number of hydrogen-bond donors (Lipinski definition) is 0. The number of thiophene rings is 1. The molecule has 3 nitrogen and oxygen atoms in total.